The summed E-state index contributed by atoms with van der Waals surface area (Å²) >= 11 is 1.87. The molecule has 0 aromatic heterocycles. The van der Waals surface area contributed by atoms with Crippen LogP contribution in [-0.2, 0) is 20.8 Å². The first-order valence-electron chi connectivity index (χ1n) is 4.76. The third kappa shape index (κ3) is 4.39. The van der Waals surface area contributed by atoms with Crippen LogP contribution in [0.4, 0.5) is 0 Å². The summed E-state index contributed by atoms with van der Waals surface area (Å²) in [5, 5.41) is 0. The summed E-state index contributed by atoms with van der Waals surface area (Å²) in [7, 11) is 0. The summed E-state index contributed by atoms with van der Waals surface area (Å²) < 4.78 is 10.3. The average Bonchev–Trinajstić information content (AvgIpc) is 2.25. The molecule has 0 heterocycles. The summed E-state index contributed by atoms with van der Waals surface area (Å²) in [5.41, 5.74) is 2.58. The lowest BCUT2D eigenvalue weighted by atomic mass is 10.1. The summed E-state index contributed by atoms with van der Waals surface area (Å²) in [6.07, 6.45) is 1.09. The molecule has 78 valence electrons. The second-order valence-corrected chi connectivity index (χ2v) is 3.66. The molecule has 0 aliphatic rings. The number of aryl methyl sites for hydroxylation is 1. The van der Waals surface area contributed by atoms with Gasteiger partial charge in [0.05, 0.1) is 19.8 Å². The molecule has 0 atom stereocenters. The summed E-state index contributed by atoms with van der Waals surface area (Å²) in [4.78, 5) is 0. The van der Waals surface area contributed by atoms with Crippen LogP contribution < -0.4 is 0 Å². The van der Waals surface area contributed by atoms with Gasteiger partial charge in [0.15, 0.2) is 0 Å². The van der Waals surface area contributed by atoms with Gasteiger partial charge in [-0.05, 0) is 17.5 Å². The predicted molar refractivity (Wildman–Crippen MR) is 65.4 cm³/mol. The van der Waals surface area contributed by atoms with Crippen molar-refractivity contribution in [1.29, 1.82) is 0 Å². The second-order valence-electron chi connectivity index (χ2n) is 3.04. The van der Waals surface area contributed by atoms with Crippen molar-refractivity contribution >= 4 is 23.0 Å². The van der Waals surface area contributed by atoms with Gasteiger partial charge in [-0.25, -0.2) is 0 Å². The van der Waals surface area contributed by atoms with Gasteiger partial charge in [0.1, 0.15) is 23.0 Å². The third-order valence-electron chi connectivity index (χ3n) is 2.00. The normalized spacial score (nSPS) is 10.4. The van der Waals surface area contributed by atoms with E-state index in [-0.39, 0.29) is 0 Å². The first-order valence-corrected chi connectivity index (χ1v) is 5.64. The lowest BCUT2D eigenvalue weighted by Gasteiger charge is -2.03. The van der Waals surface area contributed by atoms with Gasteiger partial charge in [-0.3, -0.25) is 0 Å². The Labute approximate surface area is 99.3 Å². The Balaban J connectivity index is 2.29. The number of rotatable bonds is 6. The Hall–Kier alpha value is -0.130. The van der Waals surface area contributed by atoms with Crippen molar-refractivity contribution in [3.8, 4) is 0 Å². The van der Waals surface area contributed by atoms with Crippen LogP contribution in [0.25, 0.3) is 0 Å². The Morgan fingerprint density at radius 2 is 1.71 bits per heavy atom. The highest BCUT2D eigenvalue weighted by Crippen LogP contribution is 2.06. The van der Waals surface area contributed by atoms with Crippen LogP contribution in [0.3, 0.4) is 0 Å². The lowest BCUT2D eigenvalue weighted by Crippen LogP contribution is -1.99. The Morgan fingerprint density at radius 1 is 1.07 bits per heavy atom. The van der Waals surface area contributed by atoms with Gasteiger partial charge in [0, 0.05) is 0 Å². The van der Waals surface area contributed by atoms with E-state index in [0.717, 1.165) is 6.42 Å². The maximum atomic E-state index is 5.40. The number of hydrogen-bond donors (Lipinski definition) is 0. The fraction of sp³-hybridized carbons (Fsp3) is 0.455. The first kappa shape index (κ1) is 11.9. The van der Waals surface area contributed by atoms with Crippen molar-refractivity contribution in [1.82, 2.24) is 0 Å². The zero-order valence-corrected chi connectivity index (χ0v) is 10.5. The molecule has 3 heteroatoms. The minimum atomic E-state index is 0.646. The van der Waals surface area contributed by atoms with Gasteiger partial charge in [0.2, 0.25) is 0 Å². The highest BCUT2D eigenvalue weighted by Gasteiger charge is 1.93. The van der Waals surface area contributed by atoms with Crippen LogP contribution >= 0.6 is 23.0 Å². The van der Waals surface area contributed by atoms with Crippen molar-refractivity contribution in [2.75, 3.05) is 13.2 Å². The minimum absolute atomic E-state index is 0.646. The maximum Gasteiger partial charge on any atom is 0.109 e. The molecule has 0 fully saturated rings. The molecule has 2 nitrogen and oxygen atoms in total. The molecular formula is C11H15IO2. The topological polar surface area (TPSA) is 18.5 Å². The van der Waals surface area contributed by atoms with Crippen molar-refractivity contribution in [3.05, 3.63) is 35.4 Å². The van der Waals surface area contributed by atoms with E-state index in [2.05, 4.69) is 31.2 Å². The molecule has 0 saturated carbocycles. The Morgan fingerprint density at radius 3 is 2.29 bits per heavy atom. The van der Waals surface area contributed by atoms with E-state index >= 15 is 0 Å². The molecule has 1 aromatic rings. The Kier molecular flexibility index (Phi) is 6.14. The van der Waals surface area contributed by atoms with Gasteiger partial charge in [-0.1, -0.05) is 31.2 Å². The molecule has 1 rings (SSSR count). The van der Waals surface area contributed by atoms with Crippen molar-refractivity contribution in [3.63, 3.8) is 0 Å². The van der Waals surface area contributed by atoms with E-state index in [0.29, 0.717) is 19.8 Å². The number of ether oxygens (including phenoxy) is 1. The van der Waals surface area contributed by atoms with E-state index in [9.17, 15) is 0 Å². The van der Waals surface area contributed by atoms with Crippen LogP contribution in [0.1, 0.15) is 18.1 Å². The summed E-state index contributed by atoms with van der Waals surface area (Å²) in [5.74, 6) is 0. The zero-order chi connectivity index (χ0) is 10.2. The molecule has 0 saturated heterocycles. The van der Waals surface area contributed by atoms with Crippen LogP contribution in [0.5, 0.6) is 0 Å². The number of halogens is 1. The fourth-order valence-electron chi connectivity index (χ4n) is 1.15. The summed E-state index contributed by atoms with van der Waals surface area (Å²) in [6.45, 7) is 4.12. The largest absolute Gasteiger partial charge is 0.374 e. The van der Waals surface area contributed by atoms with Gasteiger partial charge in [-0.2, -0.15) is 0 Å². The monoisotopic (exact) mass is 306 g/mol. The van der Waals surface area contributed by atoms with Gasteiger partial charge >= 0.3 is 0 Å². The van der Waals surface area contributed by atoms with Crippen molar-refractivity contribution < 1.29 is 7.80 Å². The molecule has 0 amide bonds. The highest BCUT2D eigenvalue weighted by molar-refractivity contribution is 14.1. The van der Waals surface area contributed by atoms with E-state index in [1.165, 1.54) is 11.1 Å². The van der Waals surface area contributed by atoms with Gasteiger partial charge in [-0.15, -0.1) is 0 Å². The molecule has 0 N–H and O–H groups in total. The standard InChI is InChI=1S/C11H15IO2/c1-2-10-3-5-11(6-4-10)9-13-7-8-14-12/h3-6H,2,7-9H2,1H3. The smallest absolute Gasteiger partial charge is 0.109 e. The molecule has 0 radical (unpaired) electrons. The molecule has 14 heavy (non-hydrogen) atoms. The molecule has 0 spiro atoms. The Bertz CT molecular complexity index is 246. The second kappa shape index (κ2) is 7.20. The van der Waals surface area contributed by atoms with Gasteiger partial charge < -0.3 is 7.80 Å². The van der Waals surface area contributed by atoms with Crippen LogP contribution in [0, 0.1) is 0 Å². The highest BCUT2D eigenvalue weighted by atomic mass is 127. The number of benzene rings is 1. The fourth-order valence-corrected chi connectivity index (χ4v) is 1.33. The number of hydrogen-bond acceptors (Lipinski definition) is 2. The quantitative estimate of drug-likeness (QED) is 0.594. The first-order chi connectivity index (χ1) is 6.86. The predicted octanol–water partition coefficient (Wildman–Crippen LogP) is 3.13. The van der Waals surface area contributed by atoms with E-state index in [4.69, 9.17) is 7.80 Å². The average molecular weight is 306 g/mol. The molecule has 0 unspecified atom stereocenters. The summed E-state index contributed by atoms with van der Waals surface area (Å²) in [6, 6.07) is 8.52. The molecule has 0 bridgehead atoms. The zero-order valence-electron chi connectivity index (χ0n) is 8.33. The third-order valence-corrected chi connectivity index (χ3v) is 2.45. The molecule has 0 aliphatic heterocycles. The van der Waals surface area contributed by atoms with E-state index in [1.807, 2.05) is 23.0 Å². The lowest BCUT2D eigenvalue weighted by molar-refractivity contribution is 0.101. The van der Waals surface area contributed by atoms with E-state index < -0.39 is 0 Å². The molecule has 1 aromatic carbocycles. The van der Waals surface area contributed by atoms with Gasteiger partial charge in [0.25, 0.3) is 0 Å². The van der Waals surface area contributed by atoms with Crippen LogP contribution in [-0.4, -0.2) is 13.2 Å². The van der Waals surface area contributed by atoms with Crippen LogP contribution in [0.15, 0.2) is 24.3 Å². The van der Waals surface area contributed by atoms with Crippen LogP contribution in [0.2, 0.25) is 0 Å². The minimum Gasteiger partial charge on any atom is -0.374 e. The maximum absolute atomic E-state index is 5.40. The van der Waals surface area contributed by atoms with Crippen molar-refractivity contribution in [2.45, 2.75) is 20.0 Å². The molecular weight excluding hydrogens is 291 g/mol. The SMILES string of the molecule is CCc1ccc(COCCOI)cc1. The van der Waals surface area contributed by atoms with Crippen molar-refractivity contribution in [2.24, 2.45) is 0 Å². The van der Waals surface area contributed by atoms with E-state index in [1.54, 1.807) is 0 Å². The molecule has 0 aliphatic carbocycles.